The Hall–Kier alpha value is -0.980. The Labute approximate surface area is 114 Å². The minimum atomic E-state index is -3.18. The first-order valence-corrected chi connectivity index (χ1v) is 8.40. The van der Waals surface area contributed by atoms with Crippen LogP contribution in [0.2, 0.25) is 0 Å². The number of hydrogen-bond acceptors (Lipinski definition) is 4. The average Bonchev–Trinajstić information content (AvgIpc) is 2.40. The van der Waals surface area contributed by atoms with Crippen LogP contribution >= 0.6 is 0 Å². The van der Waals surface area contributed by atoms with E-state index in [0.29, 0.717) is 13.0 Å². The fourth-order valence-electron chi connectivity index (χ4n) is 2.29. The molecule has 1 aromatic rings. The van der Waals surface area contributed by atoms with Crippen LogP contribution in [-0.2, 0) is 16.4 Å². The van der Waals surface area contributed by atoms with E-state index in [0.717, 1.165) is 31.4 Å². The quantitative estimate of drug-likeness (QED) is 0.805. The molecule has 1 fully saturated rings. The summed E-state index contributed by atoms with van der Waals surface area (Å²) in [5.41, 5.74) is 1.09. The molecule has 1 atom stereocenters. The summed E-state index contributed by atoms with van der Waals surface area (Å²) in [5.74, 6) is 0.184. The van der Waals surface area contributed by atoms with Gasteiger partial charge in [0, 0.05) is 25.0 Å². The Kier molecular flexibility index (Phi) is 5.30. The molecular weight excluding hydrogens is 262 g/mol. The standard InChI is InChI=1S/C13H21N3O2S/c17-19(18,11-13-3-1-2-7-15-13)16-10-6-12-4-8-14-9-5-12/h4-5,8-9,13,15-16H,1-3,6-7,10-11H2. The van der Waals surface area contributed by atoms with Crippen molar-refractivity contribution < 1.29 is 8.42 Å². The number of nitrogens with one attached hydrogen (secondary N) is 2. The summed E-state index contributed by atoms with van der Waals surface area (Å²) < 4.78 is 26.5. The number of hydrogen-bond donors (Lipinski definition) is 2. The lowest BCUT2D eigenvalue weighted by Gasteiger charge is -2.23. The number of piperidine rings is 1. The highest BCUT2D eigenvalue weighted by atomic mass is 32.2. The molecule has 0 spiro atoms. The molecule has 2 rings (SSSR count). The molecule has 2 heterocycles. The normalized spacial score (nSPS) is 20.3. The molecule has 0 aliphatic carbocycles. The van der Waals surface area contributed by atoms with Crippen molar-refractivity contribution in [2.45, 2.75) is 31.7 Å². The predicted molar refractivity (Wildman–Crippen MR) is 75.4 cm³/mol. The lowest BCUT2D eigenvalue weighted by molar-refractivity contribution is 0.422. The Morgan fingerprint density at radius 1 is 1.32 bits per heavy atom. The van der Waals surface area contributed by atoms with Gasteiger partial charge in [0.2, 0.25) is 10.0 Å². The predicted octanol–water partition coefficient (Wildman–Crippen LogP) is 0.686. The van der Waals surface area contributed by atoms with E-state index in [4.69, 9.17) is 0 Å². The molecule has 19 heavy (non-hydrogen) atoms. The van der Waals surface area contributed by atoms with Gasteiger partial charge in [0.25, 0.3) is 0 Å². The number of nitrogens with zero attached hydrogens (tertiary/aromatic N) is 1. The molecule has 0 saturated carbocycles. The van der Waals surface area contributed by atoms with E-state index in [1.54, 1.807) is 12.4 Å². The maximum Gasteiger partial charge on any atom is 0.213 e. The van der Waals surface area contributed by atoms with E-state index < -0.39 is 10.0 Å². The zero-order valence-electron chi connectivity index (χ0n) is 11.0. The van der Waals surface area contributed by atoms with Crippen molar-refractivity contribution in [3.05, 3.63) is 30.1 Å². The first kappa shape index (κ1) is 14.4. The van der Waals surface area contributed by atoms with Crippen LogP contribution in [0, 0.1) is 0 Å². The topological polar surface area (TPSA) is 71.1 Å². The SMILES string of the molecule is O=S(=O)(CC1CCCCN1)NCCc1ccncc1. The van der Waals surface area contributed by atoms with E-state index >= 15 is 0 Å². The van der Waals surface area contributed by atoms with Crippen molar-refractivity contribution in [2.75, 3.05) is 18.8 Å². The zero-order valence-corrected chi connectivity index (χ0v) is 11.8. The molecule has 5 nitrogen and oxygen atoms in total. The van der Waals surface area contributed by atoms with Gasteiger partial charge >= 0.3 is 0 Å². The van der Waals surface area contributed by atoms with E-state index in [-0.39, 0.29) is 11.8 Å². The minimum absolute atomic E-state index is 0.104. The molecule has 1 aliphatic heterocycles. The summed E-state index contributed by atoms with van der Waals surface area (Å²) >= 11 is 0. The Balaban J connectivity index is 1.74. The van der Waals surface area contributed by atoms with Crippen molar-refractivity contribution in [1.82, 2.24) is 15.0 Å². The zero-order chi connectivity index (χ0) is 13.6. The van der Waals surface area contributed by atoms with Crippen LogP contribution in [0.5, 0.6) is 0 Å². The van der Waals surface area contributed by atoms with Crippen LogP contribution in [0.1, 0.15) is 24.8 Å². The molecule has 0 bridgehead atoms. The fraction of sp³-hybridized carbons (Fsp3) is 0.615. The summed E-state index contributed by atoms with van der Waals surface area (Å²) in [4.78, 5) is 3.93. The van der Waals surface area contributed by atoms with Gasteiger partial charge in [0.1, 0.15) is 0 Å². The van der Waals surface area contributed by atoms with Gasteiger partial charge in [0.05, 0.1) is 5.75 Å². The Morgan fingerprint density at radius 2 is 2.11 bits per heavy atom. The second-order valence-corrected chi connectivity index (χ2v) is 6.78. The van der Waals surface area contributed by atoms with E-state index in [2.05, 4.69) is 15.0 Å². The monoisotopic (exact) mass is 283 g/mol. The van der Waals surface area contributed by atoms with Crippen LogP contribution in [0.25, 0.3) is 0 Å². The maximum atomic E-state index is 11.9. The highest BCUT2D eigenvalue weighted by molar-refractivity contribution is 7.89. The van der Waals surface area contributed by atoms with E-state index in [9.17, 15) is 8.42 Å². The third-order valence-electron chi connectivity index (χ3n) is 3.32. The first-order valence-electron chi connectivity index (χ1n) is 6.75. The third kappa shape index (κ3) is 5.26. The summed E-state index contributed by atoms with van der Waals surface area (Å²) in [7, 11) is -3.18. The van der Waals surface area contributed by atoms with Gasteiger partial charge in [-0.05, 0) is 43.5 Å². The smallest absolute Gasteiger partial charge is 0.213 e. The van der Waals surface area contributed by atoms with Crippen molar-refractivity contribution in [3.63, 3.8) is 0 Å². The second-order valence-electron chi connectivity index (χ2n) is 4.93. The molecule has 0 radical (unpaired) electrons. The first-order chi connectivity index (χ1) is 9.16. The highest BCUT2D eigenvalue weighted by Gasteiger charge is 2.20. The number of aromatic nitrogens is 1. The van der Waals surface area contributed by atoms with Gasteiger partial charge in [-0.25, -0.2) is 13.1 Å². The second kappa shape index (κ2) is 6.98. The Bertz CT molecular complexity index is 470. The molecule has 2 N–H and O–H groups in total. The largest absolute Gasteiger partial charge is 0.313 e. The number of rotatable bonds is 6. The van der Waals surface area contributed by atoms with Gasteiger partial charge in [-0.2, -0.15) is 0 Å². The van der Waals surface area contributed by atoms with Crippen molar-refractivity contribution in [1.29, 1.82) is 0 Å². The molecule has 1 aromatic heterocycles. The van der Waals surface area contributed by atoms with Gasteiger partial charge < -0.3 is 5.32 Å². The lowest BCUT2D eigenvalue weighted by Crippen LogP contribution is -2.42. The van der Waals surface area contributed by atoms with Crippen LogP contribution < -0.4 is 10.0 Å². The number of pyridine rings is 1. The average molecular weight is 283 g/mol. The summed E-state index contributed by atoms with van der Waals surface area (Å²) in [6.07, 6.45) is 7.34. The molecule has 0 aromatic carbocycles. The van der Waals surface area contributed by atoms with Gasteiger partial charge in [-0.3, -0.25) is 4.98 Å². The van der Waals surface area contributed by atoms with Gasteiger partial charge in [0.15, 0.2) is 0 Å². The molecule has 1 saturated heterocycles. The van der Waals surface area contributed by atoms with Crippen LogP contribution in [0.4, 0.5) is 0 Å². The van der Waals surface area contributed by atoms with Gasteiger partial charge in [-0.15, -0.1) is 0 Å². The lowest BCUT2D eigenvalue weighted by atomic mass is 10.1. The third-order valence-corrected chi connectivity index (χ3v) is 4.80. The van der Waals surface area contributed by atoms with Crippen LogP contribution in [0.3, 0.4) is 0 Å². The summed E-state index contributed by atoms with van der Waals surface area (Å²) in [6, 6.07) is 3.90. The molecular formula is C13H21N3O2S. The van der Waals surface area contributed by atoms with Crippen LogP contribution in [-0.4, -0.2) is 38.3 Å². The molecule has 106 valence electrons. The summed E-state index contributed by atoms with van der Waals surface area (Å²) in [6.45, 7) is 1.37. The van der Waals surface area contributed by atoms with E-state index in [1.165, 1.54) is 0 Å². The molecule has 6 heteroatoms. The molecule has 0 amide bonds. The highest BCUT2D eigenvalue weighted by Crippen LogP contribution is 2.08. The maximum absolute atomic E-state index is 11.9. The van der Waals surface area contributed by atoms with E-state index in [1.807, 2.05) is 12.1 Å². The molecule has 1 unspecified atom stereocenters. The molecule has 1 aliphatic rings. The van der Waals surface area contributed by atoms with Gasteiger partial charge in [-0.1, -0.05) is 6.42 Å². The number of sulfonamides is 1. The Morgan fingerprint density at radius 3 is 2.79 bits per heavy atom. The van der Waals surface area contributed by atoms with Crippen molar-refractivity contribution >= 4 is 10.0 Å². The minimum Gasteiger partial charge on any atom is -0.313 e. The van der Waals surface area contributed by atoms with Crippen molar-refractivity contribution in [3.8, 4) is 0 Å². The summed E-state index contributed by atoms with van der Waals surface area (Å²) in [5, 5.41) is 3.26. The fourth-order valence-corrected chi connectivity index (χ4v) is 3.64. The van der Waals surface area contributed by atoms with Crippen LogP contribution in [0.15, 0.2) is 24.5 Å². The van der Waals surface area contributed by atoms with Crippen molar-refractivity contribution in [2.24, 2.45) is 0 Å².